The number of rotatable bonds is 5. The van der Waals surface area contributed by atoms with Crippen LogP contribution in [0.2, 0.25) is 0 Å². The Morgan fingerprint density at radius 3 is 2.81 bits per heavy atom. The summed E-state index contributed by atoms with van der Waals surface area (Å²) in [7, 11) is -3.11. The molecule has 2 amide bonds. The van der Waals surface area contributed by atoms with Crippen LogP contribution in [-0.2, 0) is 14.6 Å². The van der Waals surface area contributed by atoms with Gasteiger partial charge in [0.1, 0.15) is 11.4 Å². The molecule has 162 valence electrons. The molecule has 10 nitrogen and oxygen atoms in total. The van der Waals surface area contributed by atoms with Gasteiger partial charge in [0.25, 0.3) is 5.91 Å². The molecule has 0 bridgehead atoms. The van der Waals surface area contributed by atoms with Gasteiger partial charge in [-0.05, 0) is 25.5 Å². The van der Waals surface area contributed by atoms with E-state index in [-0.39, 0.29) is 29.7 Å². The van der Waals surface area contributed by atoms with Gasteiger partial charge in [0.05, 0.1) is 29.8 Å². The van der Waals surface area contributed by atoms with Gasteiger partial charge in [-0.25, -0.2) is 13.1 Å². The fourth-order valence-electron chi connectivity index (χ4n) is 3.64. The molecule has 1 saturated heterocycles. The molecule has 0 radical (unpaired) electrons. The summed E-state index contributed by atoms with van der Waals surface area (Å²) in [5.41, 5.74) is 0.720. The maximum absolute atomic E-state index is 12.5. The van der Waals surface area contributed by atoms with Crippen LogP contribution in [0, 0.1) is 6.92 Å². The first-order valence-electron chi connectivity index (χ1n) is 9.68. The van der Waals surface area contributed by atoms with Crippen molar-refractivity contribution in [3.8, 4) is 0 Å². The largest absolute Gasteiger partial charge is 0.360 e. The summed E-state index contributed by atoms with van der Waals surface area (Å²) >= 11 is 0. The van der Waals surface area contributed by atoms with Crippen LogP contribution in [0.15, 0.2) is 41.3 Å². The lowest BCUT2D eigenvalue weighted by molar-refractivity contribution is -0.115. The third-order valence-electron chi connectivity index (χ3n) is 5.12. The van der Waals surface area contributed by atoms with E-state index in [2.05, 4.69) is 20.7 Å². The Kier molecular flexibility index (Phi) is 5.36. The van der Waals surface area contributed by atoms with Crippen LogP contribution in [0.25, 0.3) is 10.9 Å². The lowest BCUT2D eigenvalue weighted by Gasteiger charge is -2.14. The van der Waals surface area contributed by atoms with E-state index >= 15 is 0 Å². The number of hydrogen-bond acceptors (Lipinski definition) is 6. The van der Waals surface area contributed by atoms with E-state index in [4.69, 9.17) is 0 Å². The molecule has 1 atom stereocenters. The number of aromatic amines is 1. The number of fused-ring (bicyclic) bond motifs is 1. The van der Waals surface area contributed by atoms with E-state index in [0.717, 1.165) is 0 Å². The number of aromatic nitrogens is 3. The van der Waals surface area contributed by atoms with Crippen molar-refractivity contribution < 1.29 is 18.0 Å². The van der Waals surface area contributed by atoms with E-state index in [9.17, 15) is 22.8 Å². The number of carbonyl (C=O) groups excluding carboxylic acids is 2. The number of anilines is 1. The monoisotopic (exact) mass is 443 g/mol. The zero-order valence-electron chi connectivity index (χ0n) is 16.7. The Morgan fingerprint density at radius 1 is 1.29 bits per heavy atom. The number of pyridine rings is 1. The zero-order valence-corrected chi connectivity index (χ0v) is 17.5. The molecular formula is C20H21N5O5S. The van der Waals surface area contributed by atoms with Crippen LogP contribution in [0.5, 0.6) is 0 Å². The number of amides is 2. The summed E-state index contributed by atoms with van der Waals surface area (Å²) in [4.78, 5) is 40.2. The summed E-state index contributed by atoms with van der Waals surface area (Å²) in [6.07, 6.45) is 1.74. The minimum Gasteiger partial charge on any atom is -0.360 e. The Labute approximate surface area is 177 Å². The molecule has 1 aromatic carbocycles. The van der Waals surface area contributed by atoms with Gasteiger partial charge in [0.2, 0.25) is 11.3 Å². The second-order valence-corrected chi connectivity index (χ2v) is 9.71. The van der Waals surface area contributed by atoms with Crippen molar-refractivity contribution >= 4 is 38.4 Å². The zero-order chi connectivity index (χ0) is 22.2. The first-order chi connectivity index (χ1) is 14.7. The Bertz CT molecular complexity index is 1340. The molecule has 0 spiro atoms. The fraction of sp³-hybridized carbons (Fsp3) is 0.300. The highest BCUT2D eigenvalue weighted by atomic mass is 32.2. The summed E-state index contributed by atoms with van der Waals surface area (Å²) in [6.45, 7) is 1.38. The number of benzene rings is 1. The number of hydrogen-bond donors (Lipinski definition) is 3. The lowest BCUT2D eigenvalue weighted by Crippen LogP contribution is -2.35. The molecule has 1 aliphatic heterocycles. The smallest absolute Gasteiger partial charge is 0.257 e. The minimum atomic E-state index is -3.11. The highest BCUT2D eigenvalue weighted by Crippen LogP contribution is 2.27. The lowest BCUT2D eigenvalue weighted by atomic mass is 10.1. The number of para-hydroxylation sites is 1. The van der Waals surface area contributed by atoms with Crippen LogP contribution in [0.3, 0.4) is 0 Å². The third kappa shape index (κ3) is 4.36. The highest BCUT2D eigenvalue weighted by molar-refractivity contribution is 7.91. The van der Waals surface area contributed by atoms with Gasteiger partial charge in [0, 0.05) is 23.2 Å². The van der Waals surface area contributed by atoms with Crippen LogP contribution in [-0.4, -0.2) is 53.0 Å². The SMILES string of the molecule is Cc1cc(NC(=O)CNC(=O)c2c[nH]c3ccccc3c2=O)n([C@H]2CCS(=O)(=O)C2)n1. The fourth-order valence-corrected chi connectivity index (χ4v) is 5.33. The molecule has 4 rings (SSSR count). The van der Waals surface area contributed by atoms with Gasteiger partial charge in [0.15, 0.2) is 9.84 Å². The molecule has 1 fully saturated rings. The van der Waals surface area contributed by atoms with Crippen molar-refractivity contribution in [2.45, 2.75) is 19.4 Å². The van der Waals surface area contributed by atoms with Crippen LogP contribution < -0.4 is 16.1 Å². The minimum absolute atomic E-state index is 0.0293. The number of sulfone groups is 1. The molecule has 0 saturated carbocycles. The van der Waals surface area contributed by atoms with Gasteiger partial charge in [-0.1, -0.05) is 12.1 Å². The molecule has 3 heterocycles. The maximum atomic E-state index is 12.5. The standard InChI is InChI=1S/C20H21N5O5S/c1-12-8-17(25(24-12)13-6-7-31(29,30)11-13)23-18(26)10-22-20(28)15-9-21-16-5-3-2-4-14(16)19(15)27/h2-5,8-9,13H,6-7,10-11H2,1H3,(H,21,27)(H,22,28)(H,23,26)/t13-/m0/s1. The Hall–Kier alpha value is -3.47. The van der Waals surface area contributed by atoms with Crippen molar-refractivity contribution in [1.29, 1.82) is 0 Å². The van der Waals surface area contributed by atoms with Crippen LogP contribution in [0.4, 0.5) is 5.82 Å². The molecule has 2 aromatic heterocycles. The van der Waals surface area contributed by atoms with Crippen molar-refractivity contribution in [3.63, 3.8) is 0 Å². The third-order valence-corrected chi connectivity index (χ3v) is 6.87. The molecule has 3 N–H and O–H groups in total. The van der Waals surface area contributed by atoms with Crippen molar-refractivity contribution in [2.24, 2.45) is 0 Å². The summed E-state index contributed by atoms with van der Waals surface area (Å²) in [6, 6.07) is 8.11. The summed E-state index contributed by atoms with van der Waals surface area (Å²) < 4.78 is 25.1. The van der Waals surface area contributed by atoms with Gasteiger partial charge in [-0.3, -0.25) is 14.4 Å². The average molecular weight is 443 g/mol. The topological polar surface area (TPSA) is 143 Å². The first kappa shape index (κ1) is 20.8. The molecule has 1 aliphatic rings. The van der Waals surface area contributed by atoms with Crippen LogP contribution in [0.1, 0.15) is 28.5 Å². The highest BCUT2D eigenvalue weighted by Gasteiger charge is 2.31. The van der Waals surface area contributed by atoms with E-state index in [1.54, 1.807) is 37.3 Å². The Balaban J connectivity index is 1.43. The van der Waals surface area contributed by atoms with Gasteiger partial charge in [-0.2, -0.15) is 5.10 Å². The predicted molar refractivity (Wildman–Crippen MR) is 115 cm³/mol. The molecule has 11 heteroatoms. The van der Waals surface area contributed by atoms with E-state index < -0.39 is 27.1 Å². The number of aryl methyl sites for hydroxylation is 1. The van der Waals surface area contributed by atoms with E-state index in [1.807, 2.05) is 0 Å². The van der Waals surface area contributed by atoms with Crippen molar-refractivity contribution in [2.75, 3.05) is 23.4 Å². The predicted octanol–water partition coefficient (Wildman–Crippen LogP) is 0.761. The normalized spacial score (nSPS) is 17.5. The molecule has 0 aliphatic carbocycles. The van der Waals surface area contributed by atoms with Crippen molar-refractivity contribution in [3.05, 3.63) is 58.0 Å². The van der Waals surface area contributed by atoms with Gasteiger partial charge >= 0.3 is 0 Å². The maximum Gasteiger partial charge on any atom is 0.257 e. The number of H-pyrrole nitrogens is 1. The molecule has 3 aromatic rings. The summed E-state index contributed by atoms with van der Waals surface area (Å²) in [5, 5.41) is 9.77. The number of nitrogens with one attached hydrogen (secondary N) is 3. The van der Waals surface area contributed by atoms with Crippen LogP contribution >= 0.6 is 0 Å². The molecular weight excluding hydrogens is 422 g/mol. The average Bonchev–Trinajstić information content (AvgIpc) is 3.27. The molecule has 0 unspecified atom stereocenters. The van der Waals surface area contributed by atoms with Gasteiger partial charge in [-0.15, -0.1) is 0 Å². The number of nitrogens with zero attached hydrogens (tertiary/aromatic N) is 2. The first-order valence-corrected chi connectivity index (χ1v) is 11.5. The van der Waals surface area contributed by atoms with E-state index in [1.165, 1.54) is 10.9 Å². The van der Waals surface area contributed by atoms with Gasteiger partial charge < -0.3 is 15.6 Å². The van der Waals surface area contributed by atoms with Crippen molar-refractivity contribution in [1.82, 2.24) is 20.1 Å². The second-order valence-electron chi connectivity index (χ2n) is 7.48. The Morgan fingerprint density at radius 2 is 2.06 bits per heavy atom. The molecule has 31 heavy (non-hydrogen) atoms. The number of carbonyl (C=O) groups is 2. The van der Waals surface area contributed by atoms with E-state index in [0.29, 0.717) is 28.8 Å². The summed E-state index contributed by atoms with van der Waals surface area (Å²) in [5.74, 6) is -0.776. The quantitative estimate of drug-likeness (QED) is 0.531. The second kappa shape index (κ2) is 7.99.